The van der Waals surface area contributed by atoms with Gasteiger partial charge in [0.15, 0.2) is 11.2 Å². The molecule has 0 aliphatic heterocycles. The van der Waals surface area contributed by atoms with E-state index in [9.17, 15) is 9.13 Å². The van der Waals surface area contributed by atoms with Crippen molar-refractivity contribution < 1.29 is 27.2 Å². The molecule has 0 bridgehead atoms. The third kappa shape index (κ3) is 5.23. The maximum absolute atomic E-state index is 13.7. The smallest absolute Gasteiger partial charge is 0.307 e. The minimum Gasteiger partial charge on any atom is -0.307 e. The molecule has 1 aromatic carbocycles. The summed E-state index contributed by atoms with van der Waals surface area (Å²) in [5, 5.41) is 8.23. The number of hydrogen-bond acceptors (Lipinski definition) is 8. The third-order valence-electron chi connectivity index (χ3n) is 4.01. The minimum absolute atomic E-state index is 0.0849. The van der Waals surface area contributed by atoms with Crippen LogP contribution in [0.25, 0.3) is 0 Å². The monoisotopic (exact) mass is 445 g/mol. The molecule has 0 aliphatic rings. The van der Waals surface area contributed by atoms with Gasteiger partial charge in [-0.2, -0.15) is 0 Å². The van der Waals surface area contributed by atoms with E-state index in [1.54, 1.807) is 46.8 Å². The summed E-state index contributed by atoms with van der Waals surface area (Å²) >= 11 is 0. The molecule has 162 valence electrons. The first-order valence-electron chi connectivity index (χ1n) is 9.62. The number of nitrogens with zero attached hydrogens (tertiary/aromatic N) is 3. The largest absolute Gasteiger partial charge is 0.383 e. The molecule has 0 radical (unpaired) electrons. The molecule has 9 nitrogen and oxygen atoms in total. The first-order chi connectivity index (χ1) is 13.9. The molecule has 1 atom stereocenters. The SMILES string of the molecule is CCOP(=O)(OCC)c1nnn(C(c2ccccc2)P(=O)(OCC)OCC)c1C. The highest BCUT2D eigenvalue weighted by atomic mass is 31.2. The van der Waals surface area contributed by atoms with Gasteiger partial charge in [0, 0.05) is 0 Å². The molecule has 11 heteroatoms. The zero-order valence-corrected chi connectivity index (χ0v) is 19.3. The van der Waals surface area contributed by atoms with E-state index in [1.165, 1.54) is 4.68 Å². The van der Waals surface area contributed by atoms with E-state index >= 15 is 0 Å². The van der Waals surface area contributed by atoms with Crippen LogP contribution in [0.2, 0.25) is 0 Å². The molecule has 0 fully saturated rings. The van der Waals surface area contributed by atoms with E-state index < -0.39 is 21.0 Å². The summed E-state index contributed by atoms with van der Waals surface area (Å²) in [5.41, 5.74) is 1.16. The topological polar surface area (TPSA) is 102 Å². The molecule has 0 amide bonds. The Hall–Kier alpha value is -1.34. The Morgan fingerprint density at radius 2 is 1.41 bits per heavy atom. The van der Waals surface area contributed by atoms with Crippen LogP contribution >= 0.6 is 15.2 Å². The van der Waals surface area contributed by atoms with Crippen molar-refractivity contribution in [2.75, 3.05) is 26.4 Å². The van der Waals surface area contributed by atoms with Gasteiger partial charge in [0.2, 0.25) is 0 Å². The molecule has 1 aromatic heterocycles. The fourth-order valence-electron chi connectivity index (χ4n) is 2.94. The molecule has 2 aromatic rings. The van der Waals surface area contributed by atoms with Crippen molar-refractivity contribution >= 4 is 20.6 Å². The lowest BCUT2D eigenvalue weighted by Gasteiger charge is -2.27. The lowest BCUT2D eigenvalue weighted by molar-refractivity contribution is 0.206. The molecule has 0 aliphatic carbocycles. The zero-order chi connectivity index (χ0) is 21.5. The van der Waals surface area contributed by atoms with Crippen LogP contribution in [-0.2, 0) is 27.2 Å². The molecule has 0 spiro atoms. The Bertz CT molecular complexity index is 854. The first kappa shape index (κ1) is 23.9. The van der Waals surface area contributed by atoms with Gasteiger partial charge in [0.05, 0.1) is 32.1 Å². The predicted octanol–water partition coefficient (Wildman–Crippen LogP) is 4.29. The Morgan fingerprint density at radius 3 is 1.90 bits per heavy atom. The van der Waals surface area contributed by atoms with Gasteiger partial charge in [-0.3, -0.25) is 9.13 Å². The van der Waals surface area contributed by atoms with Crippen molar-refractivity contribution in [1.82, 2.24) is 15.0 Å². The van der Waals surface area contributed by atoms with E-state index in [1.807, 2.05) is 18.2 Å². The van der Waals surface area contributed by atoms with E-state index in [0.29, 0.717) is 11.3 Å². The second kappa shape index (κ2) is 10.6. The summed E-state index contributed by atoms with van der Waals surface area (Å²) in [6, 6.07) is 9.11. The van der Waals surface area contributed by atoms with E-state index in [4.69, 9.17) is 18.1 Å². The van der Waals surface area contributed by atoms with Crippen LogP contribution in [0.4, 0.5) is 0 Å². The number of rotatable bonds is 12. The predicted molar refractivity (Wildman–Crippen MR) is 111 cm³/mol. The molecular weight excluding hydrogens is 416 g/mol. The fourth-order valence-corrected chi connectivity index (χ4v) is 6.69. The van der Waals surface area contributed by atoms with Crippen molar-refractivity contribution in [3.8, 4) is 0 Å². The highest BCUT2D eigenvalue weighted by Crippen LogP contribution is 2.61. The average molecular weight is 445 g/mol. The fraction of sp³-hybridized carbons (Fsp3) is 0.556. The van der Waals surface area contributed by atoms with Gasteiger partial charge in [-0.15, -0.1) is 5.10 Å². The highest BCUT2D eigenvalue weighted by molar-refractivity contribution is 7.62. The Morgan fingerprint density at radius 1 is 0.897 bits per heavy atom. The van der Waals surface area contributed by atoms with Crippen molar-refractivity contribution in [3.05, 3.63) is 41.6 Å². The van der Waals surface area contributed by atoms with E-state index in [-0.39, 0.29) is 31.9 Å². The van der Waals surface area contributed by atoms with Crippen molar-refractivity contribution in [2.24, 2.45) is 0 Å². The highest BCUT2D eigenvalue weighted by Gasteiger charge is 2.42. The molecule has 0 N–H and O–H groups in total. The summed E-state index contributed by atoms with van der Waals surface area (Å²) in [6.07, 6.45) is 0. The van der Waals surface area contributed by atoms with Crippen LogP contribution in [0.3, 0.4) is 0 Å². The van der Waals surface area contributed by atoms with Gasteiger partial charge < -0.3 is 18.1 Å². The van der Waals surface area contributed by atoms with Crippen LogP contribution in [0.15, 0.2) is 30.3 Å². The summed E-state index contributed by atoms with van der Waals surface area (Å²) in [7, 11) is -7.35. The maximum Gasteiger partial charge on any atom is 0.383 e. The lowest BCUT2D eigenvalue weighted by Crippen LogP contribution is -2.20. The Balaban J connectivity index is 2.66. The first-order valence-corrected chi connectivity index (χ1v) is 12.8. The number of hydrogen-bond donors (Lipinski definition) is 0. The van der Waals surface area contributed by atoms with Crippen LogP contribution in [0, 0.1) is 6.92 Å². The van der Waals surface area contributed by atoms with Crippen LogP contribution < -0.4 is 5.44 Å². The summed E-state index contributed by atoms with van der Waals surface area (Å²) < 4.78 is 50.3. The number of benzene rings is 1. The van der Waals surface area contributed by atoms with Gasteiger partial charge in [-0.05, 0) is 40.2 Å². The lowest BCUT2D eigenvalue weighted by atomic mass is 10.2. The molecule has 2 rings (SSSR count). The Labute approximate surface area is 171 Å². The molecular formula is C18H29N3O6P2. The quantitative estimate of drug-likeness (QED) is 0.446. The summed E-state index contributed by atoms with van der Waals surface area (Å²) in [6.45, 7) is 9.35. The van der Waals surface area contributed by atoms with Gasteiger partial charge in [-0.1, -0.05) is 35.5 Å². The van der Waals surface area contributed by atoms with Crippen LogP contribution in [-0.4, -0.2) is 41.4 Å². The van der Waals surface area contributed by atoms with Gasteiger partial charge in [-0.25, -0.2) is 4.68 Å². The van der Waals surface area contributed by atoms with Crippen LogP contribution in [0.5, 0.6) is 0 Å². The summed E-state index contributed by atoms with van der Waals surface area (Å²) in [5.74, 6) is -0.901. The third-order valence-corrected chi connectivity index (χ3v) is 8.49. The van der Waals surface area contributed by atoms with Crippen molar-refractivity contribution in [1.29, 1.82) is 0 Å². The van der Waals surface area contributed by atoms with E-state index in [2.05, 4.69) is 10.3 Å². The Kier molecular flexibility index (Phi) is 8.76. The van der Waals surface area contributed by atoms with Gasteiger partial charge in [0.25, 0.3) is 0 Å². The minimum atomic E-state index is -3.68. The number of aromatic nitrogens is 3. The van der Waals surface area contributed by atoms with Crippen LogP contribution in [0.1, 0.15) is 44.7 Å². The van der Waals surface area contributed by atoms with Gasteiger partial charge >= 0.3 is 15.2 Å². The normalized spacial score (nSPS) is 13.6. The molecule has 0 saturated carbocycles. The molecule has 1 heterocycles. The second-order valence-corrected chi connectivity index (χ2v) is 9.96. The zero-order valence-electron chi connectivity index (χ0n) is 17.5. The average Bonchev–Trinajstić information content (AvgIpc) is 3.05. The molecule has 0 saturated heterocycles. The van der Waals surface area contributed by atoms with Crippen molar-refractivity contribution in [2.45, 2.75) is 40.4 Å². The summed E-state index contributed by atoms with van der Waals surface area (Å²) in [4.78, 5) is 0. The molecule has 29 heavy (non-hydrogen) atoms. The van der Waals surface area contributed by atoms with Crippen molar-refractivity contribution in [3.63, 3.8) is 0 Å². The maximum atomic E-state index is 13.7. The van der Waals surface area contributed by atoms with E-state index in [0.717, 1.165) is 0 Å². The standard InChI is InChI=1S/C18H29N3O6P2/c1-6-24-28(22,25-7-2)17-15(5)21(20-19-17)18(16-13-11-10-12-14-16)29(23,26-8-3)27-9-4/h10-14,18H,6-9H2,1-5H3. The van der Waals surface area contributed by atoms with Gasteiger partial charge in [0.1, 0.15) is 0 Å². The molecule has 1 unspecified atom stereocenters. The second-order valence-electron chi connectivity index (χ2n) is 5.94.